The van der Waals surface area contributed by atoms with E-state index in [1.807, 2.05) is 6.07 Å². The summed E-state index contributed by atoms with van der Waals surface area (Å²) in [5.74, 6) is 3.15. The molecule has 3 fully saturated rings. The Hall–Kier alpha value is -2.39. The first-order chi connectivity index (χ1) is 14.0. The Balaban J connectivity index is 1.22. The van der Waals surface area contributed by atoms with Gasteiger partial charge in [0.2, 0.25) is 5.89 Å². The van der Waals surface area contributed by atoms with E-state index in [1.54, 1.807) is 6.26 Å². The third kappa shape index (κ3) is 3.32. The van der Waals surface area contributed by atoms with Crippen molar-refractivity contribution in [1.29, 1.82) is 0 Å². The zero-order valence-corrected chi connectivity index (χ0v) is 17.6. The van der Waals surface area contributed by atoms with Crippen LogP contribution in [0.1, 0.15) is 39.3 Å². The van der Waals surface area contributed by atoms with Crippen molar-refractivity contribution in [3.63, 3.8) is 0 Å². The van der Waals surface area contributed by atoms with Gasteiger partial charge in [-0.3, -0.25) is 0 Å². The van der Waals surface area contributed by atoms with Gasteiger partial charge in [0.1, 0.15) is 6.26 Å². The lowest BCUT2D eigenvalue weighted by Gasteiger charge is -2.62. The minimum absolute atomic E-state index is 0.532. The Bertz CT molecular complexity index is 973. The molecule has 0 unspecified atom stereocenters. The Morgan fingerprint density at radius 3 is 2.34 bits per heavy atom. The normalized spacial score (nSPS) is 27.4. The molecule has 2 bridgehead atoms. The number of benzene rings is 2. The van der Waals surface area contributed by atoms with E-state index in [9.17, 15) is 0 Å². The predicted molar refractivity (Wildman–Crippen MR) is 117 cm³/mol. The molecule has 0 radical (unpaired) electrons. The van der Waals surface area contributed by atoms with Gasteiger partial charge in [0, 0.05) is 18.2 Å². The van der Waals surface area contributed by atoms with Gasteiger partial charge in [-0.05, 0) is 59.3 Å². The van der Waals surface area contributed by atoms with Crippen molar-refractivity contribution >= 4 is 0 Å². The molecular formula is C26H30N2O. The number of fused-ring (bicyclic) bond motifs is 2. The average molecular weight is 387 g/mol. The molecule has 0 spiro atoms. The van der Waals surface area contributed by atoms with Crippen LogP contribution in [-0.4, -0.2) is 11.0 Å². The zero-order chi connectivity index (χ0) is 20.0. The first-order valence-electron chi connectivity index (χ1n) is 10.9. The van der Waals surface area contributed by atoms with Crippen LogP contribution in [0, 0.1) is 23.2 Å². The lowest BCUT2D eigenvalue weighted by molar-refractivity contribution is -0.115. The molecular weight excluding hydrogens is 356 g/mol. The van der Waals surface area contributed by atoms with E-state index in [0.717, 1.165) is 35.6 Å². The standard InChI is InChI=1S/C26H30N2O/c1-17-23-13-21(26(23,2)3)14-24(17)27-15-22-16-29-25(28-22)20-11-9-19(10-12-20)18-7-5-4-6-8-18/h4-12,16-17,21,23-24,27H,13-15H2,1-3H3/t17-,21+,23-,24-/m1/s1. The highest BCUT2D eigenvalue weighted by atomic mass is 16.3. The first-order valence-corrected chi connectivity index (χ1v) is 10.9. The van der Waals surface area contributed by atoms with Gasteiger partial charge < -0.3 is 9.73 Å². The molecule has 1 aromatic heterocycles. The van der Waals surface area contributed by atoms with E-state index in [4.69, 9.17) is 9.40 Å². The Kier molecular flexibility index (Phi) is 4.59. The van der Waals surface area contributed by atoms with E-state index in [0.29, 0.717) is 17.3 Å². The van der Waals surface area contributed by atoms with Crippen molar-refractivity contribution in [3.05, 3.63) is 66.6 Å². The summed E-state index contributed by atoms with van der Waals surface area (Å²) >= 11 is 0. The van der Waals surface area contributed by atoms with Crippen molar-refractivity contribution in [1.82, 2.24) is 10.3 Å². The van der Waals surface area contributed by atoms with Crippen molar-refractivity contribution in [2.24, 2.45) is 23.2 Å². The lowest BCUT2D eigenvalue weighted by Crippen LogP contribution is -2.59. The van der Waals surface area contributed by atoms with E-state index in [-0.39, 0.29) is 0 Å². The molecule has 4 atom stereocenters. The molecule has 2 aromatic carbocycles. The number of hydrogen-bond donors (Lipinski definition) is 1. The molecule has 150 valence electrons. The fourth-order valence-electron chi connectivity index (χ4n) is 5.61. The maximum atomic E-state index is 5.77. The molecule has 1 N–H and O–H groups in total. The lowest BCUT2D eigenvalue weighted by atomic mass is 9.45. The van der Waals surface area contributed by atoms with Crippen molar-refractivity contribution < 1.29 is 4.42 Å². The molecule has 3 aliphatic carbocycles. The molecule has 3 saturated carbocycles. The van der Waals surface area contributed by atoms with Crippen LogP contribution in [0.15, 0.2) is 65.3 Å². The minimum Gasteiger partial charge on any atom is -0.444 e. The summed E-state index contributed by atoms with van der Waals surface area (Å²) < 4.78 is 5.77. The second kappa shape index (κ2) is 7.14. The maximum absolute atomic E-state index is 5.77. The third-order valence-corrected chi connectivity index (χ3v) is 7.69. The van der Waals surface area contributed by atoms with Crippen LogP contribution in [0.4, 0.5) is 0 Å². The Morgan fingerprint density at radius 2 is 1.66 bits per heavy atom. The van der Waals surface area contributed by atoms with Crippen LogP contribution in [0.3, 0.4) is 0 Å². The van der Waals surface area contributed by atoms with Crippen molar-refractivity contribution in [3.8, 4) is 22.6 Å². The molecule has 1 heterocycles. The molecule has 3 aliphatic rings. The van der Waals surface area contributed by atoms with Crippen LogP contribution in [0.25, 0.3) is 22.6 Å². The minimum atomic E-state index is 0.532. The van der Waals surface area contributed by atoms with Gasteiger partial charge in [-0.2, -0.15) is 0 Å². The fraction of sp³-hybridized carbons (Fsp3) is 0.423. The molecule has 6 rings (SSSR count). The first kappa shape index (κ1) is 18.6. The summed E-state index contributed by atoms with van der Waals surface area (Å²) in [7, 11) is 0. The van der Waals surface area contributed by atoms with Gasteiger partial charge in [0.25, 0.3) is 0 Å². The summed E-state index contributed by atoms with van der Waals surface area (Å²) in [6.45, 7) is 8.10. The van der Waals surface area contributed by atoms with Crippen molar-refractivity contribution in [2.45, 2.75) is 46.2 Å². The van der Waals surface area contributed by atoms with Crippen molar-refractivity contribution in [2.75, 3.05) is 0 Å². The number of aromatic nitrogens is 1. The predicted octanol–water partition coefficient (Wildman–Crippen LogP) is 6.17. The second-order valence-corrected chi connectivity index (χ2v) is 9.53. The van der Waals surface area contributed by atoms with Gasteiger partial charge in [0.15, 0.2) is 0 Å². The van der Waals surface area contributed by atoms with Crippen LogP contribution >= 0.6 is 0 Å². The second-order valence-electron chi connectivity index (χ2n) is 9.53. The highest BCUT2D eigenvalue weighted by Gasteiger charge is 2.55. The molecule has 3 aromatic rings. The third-order valence-electron chi connectivity index (χ3n) is 7.69. The number of hydrogen-bond acceptors (Lipinski definition) is 3. The van der Waals surface area contributed by atoms with E-state index in [1.165, 1.54) is 24.0 Å². The number of rotatable bonds is 5. The van der Waals surface area contributed by atoms with Gasteiger partial charge in [-0.15, -0.1) is 0 Å². The maximum Gasteiger partial charge on any atom is 0.226 e. The summed E-state index contributed by atoms with van der Waals surface area (Å²) in [4.78, 5) is 4.72. The summed E-state index contributed by atoms with van der Waals surface area (Å²) in [6.07, 6.45) is 4.50. The van der Waals surface area contributed by atoms with Crippen LogP contribution in [0.2, 0.25) is 0 Å². The summed E-state index contributed by atoms with van der Waals surface area (Å²) in [5, 5.41) is 3.76. The van der Waals surface area contributed by atoms with Gasteiger partial charge in [-0.1, -0.05) is 63.2 Å². The van der Waals surface area contributed by atoms with E-state index < -0.39 is 0 Å². The summed E-state index contributed by atoms with van der Waals surface area (Å²) in [6, 6.07) is 19.4. The number of oxazole rings is 1. The van der Waals surface area contributed by atoms with E-state index in [2.05, 4.69) is 74.6 Å². The fourth-order valence-corrected chi connectivity index (χ4v) is 5.61. The molecule has 29 heavy (non-hydrogen) atoms. The summed E-state index contributed by atoms with van der Waals surface area (Å²) in [5.41, 5.74) is 4.96. The highest BCUT2D eigenvalue weighted by molar-refractivity contribution is 5.67. The van der Waals surface area contributed by atoms with Gasteiger partial charge >= 0.3 is 0 Å². The molecule has 3 nitrogen and oxygen atoms in total. The number of nitrogens with zero attached hydrogens (tertiary/aromatic N) is 1. The molecule has 3 heteroatoms. The topological polar surface area (TPSA) is 38.1 Å². The average Bonchev–Trinajstić information content (AvgIpc) is 3.22. The van der Waals surface area contributed by atoms with Gasteiger partial charge in [-0.25, -0.2) is 4.98 Å². The van der Waals surface area contributed by atoms with Crippen LogP contribution in [-0.2, 0) is 6.54 Å². The molecule has 0 saturated heterocycles. The monoisotopic (exact) mass is 386 g/mol. The Labute approximate surface area is 173 Å². The number of nitrogens with one attached hydrogen (secondary N) is 1. The molecule has 0 amide bonds. The van der Waals surface area contributed by atoms with Crippen LogP contribution in [0.5, 0.6) is 0 Å². The zero-order valence-electron chi connectivity index (χ0n) is 17.6. The Morgan fingerprint density at radius 1 is 0.966 bits per heavy atom. The van der Waals surface area contributed by atoms with E-state index >= 15 is 0 Å². The quantitative estimate of drug-likeness (QED) is 0.570. The van der Waals surface area contributed by atoms with Gasteiger partial charge in [0.05, 0.1) is 5.69 Å². The van der Waals surface area contributed by atoms with Crippen LogP contribution < -0.4 is 5.32 Å². The highest BCUT2D eigenvalue weighted by Crippen LogP contribution is 2.61. The molecule has 0 aliphatic heterocycles. The SMILES string of the molecule is C[C@@H]1[C@H]2C[C@@H](C[C@H]1NCc1coc(-c3ccc(-c4ccccc4)cc3)n1)C2(C)C. The smallest absolute Gasteiger partial charge is 0.226 e. The largest absolute Gasteiger partial charge is 0.444 e.